The summed E-state index contributed by atoms with van der Waals surface area (Å²) in [5.41, 5.74) is 3.34. The van der Waals surface area contributed by atoms with E-state index in [1.165, 1.54) is 0 Å². The molecule has 0 aliphatic carbocycles. The summed E-state index contributed by atoms with van der Waals surface area (Å²) in [6, 6.07) is 14.8. The number of aromatic nitrogens is 2. The number of anilines is 1. The molecule has 0 bridgehead atoms. The Kier molecular flexibility index (Phi) is 5.11. The van der Waals surface area contributed by atoms with E-state index in [-0.39, 0.29) is 0 Å². The molecule has 7 nitrogen and oxygen atoms in total. The molecule has 4 rings (SSSR count). The van der Waals surface area contributed by atoms with Crippen molar-refractivity contribution < 1.29 is 14.3 Å². The molecule has 0 saturated heterocycles. The van der Waals surface area contributed by atoms with Crippen LogP contribution >= 0.6 is 0 Å². The lowest BCUT2D eigenvalue weighted by atomic mass is 10.1. The highest BCUT2D eigenvalue weighted by Gasteiger charge is 2.15. The minimum atomic E-state index is -0.707. The highest BCUT2D eigenvalue weighted by atomic mass is 16.5. The summed E-state index contributed by atoms with van der Waals surface area (Å²) in [5.74, 6) is -0.614. The molecule has 0 radical (unpaired) electrons. The number of fused-ring (bicyclic) bond motifs is 2. The van der Waals surface area contributed by atoms with Crippen molar-refractivity contribution in [3.8, 4) is 5.75 Å². The molecule has 0 spiro atoms. The van der Waals surface area contributed by atoms with Gasteiger partial charge in [-0.15, -0.1) is 0 Å². The van der Waals surface area contributed by atoms with Crippen LogP contribution in [0, 0.1) is 0 Å². The maximum absolute atomic E-state index is 12.3. The van der Waals surface area contributed by atoms with Crippen LogP contribution in [0.5, 0.6) is 5.75 Å². The summed E-state index contributed by atoms with van der Waals surface area (Å²) >= 11 is 0. The van der Waals surface area contributed by atoms with Gasteiger partial charge in [-0.1, -0.05) is 6.07 Å². The molecular weight excluding hydrogens is 368 g/mol. The van der Waals surface area contributed by atoms with Gasteiger partial charge in [0.25, 0.3) is 0 Å². The zero-order valence-electron chi connectivity index (χ0n) is 15.9. The van der Waals surface area contributed by atoms with Crippen LogP contribution in [0.2, 0.25) is 0 Å². The van der Waals surface area contributed by atoms with E-state index >= 15 is 0 Å². The maximum Gasteiger partial charge on any atom is 0.313 e. The second-order valence-electron chi connectivity index (χ2n) is 6.56. The Hall–Kier alpha value is -3.87. The number of amides is 2. The van der Waals surface area contributed by atoms with E-state index in [0.29, 0.717) is 18.7 Å². The fourth-order valence-corrected chi connectivity index (χ4v) is 3.27. The van der Waals surface area contributed by atoms with E-state index in [9.17, 15) is 9.59 Å². The molecule has 7 heteroatoms. The number of aromatic amines is 1. The summed E-state index contributed by atoms with van der Waals surface area (Å²) in [5, 5.41) is 7.14. The molecule has 4 aromatic rings. The molecule has 0 saturated carbocycles. The fourth-order valence-electron chi connectivity index (χ4n) is 3.27. The zero-order valence-corrected chi connectivity index (χ0v) is 15.9. The van der Waals surface area contributed by atoms with Crippen molar-refractivity contribution in [2.45, 2.75) is 6.42 Å². The predicted octanol–water partition coefficient (Wildman–Crippen LogP) is 3.02. The molecule has 0 aliphatic heterocycles. The molecular formula is C22H20N4O3. The molecule has 2 aromatic heterocycles. The van der Waals surface area contributed by atoms with Gasteiger partial charge in [0.1, 0.15) is 5.75 Å². The third-order valence-corrected chi connectivity index (χ3v) is 4.75. The summed E-state index contributed by atoms with van der Waals surface area (Å²) in [6.45, 7) is 0.341. The number of methoxy groups -OCH3 is 1. The van der Waals surface area contributed by atoms with E-state index in [2.05, 4.69) is 20.6 Å². The Morgan fingerprint density at radius 1 is 1.07 bits per heavy atom. The first-order valence-corrected chi connectivity index (χ1v) is 9.22. The minimum absolute atomic E-state index is 0.341. The van der Waals surface area contributed by atoms with Crippen LogP contribution in [0.1, 0.15) is 5.56 Å². The lowest BCUT2D eigenvalue weighted by molar-refractivity contribution is -0.136. The fraction of sp³-hybridized carbons (Fsp3) is 0.136. The number of rotatable bonds is 5. The van der Waals surface area contributed by atoms with Gasteiger partial charge >= 0.3 is 11.8 Å². The van der Waals surface area contributed by atoms with Crippen LogP contribution in [0.15, 0.2) is 60.9 Å². The highest BCUT2D eigenvalue weighted by Crippen LogP contribution is 2.24. The largest absolute Gasteiger partial charge is 0.497 e. The van der Waals surface area contributed by atoms with Gasteiger partial charge in [-0.2, -0.15) is 0 Å². The summed E-state index contributed by atoms with van der Waals surface area (Å²) in [7, 11) is 1.62. The predicted molar refractivity (Wildman–Crippen MR) is 112 cm³/mol. The first kappa shape index (κ1) is 18.5. The van der Waals surface area contributed by atoms with Crippen LogP contribution < -0.4 is 15.4 Å². The standard InChI is InChI=1S/C22H20N4O3/c1-29-15-7-8-19-17(12-15)14(13-25-19)9-11-24-21(27)22(28)26-20-6-2-5-18-16(20)4-3-10-23-18/h2-8,10,12-13,25H,9,11H2,1H3,(H,24,27)(H,26,28). The van der Waals surface area contributed by atoms with E-state index in [1.54, 1.807) is 31.5 Å². The molecule has 0 aliphatic rings. The number of benzene rings is 2. The van der Waals surface area contributed by atoms with Crippen molar-refractivity contribution in [3.05, 3.63) is 66.5 Å². The number of hydrogen-bond donors (Lipinski definition) is 3. The van der Waals surface area contributed by atoms with Crippen LogP contribution in [0.4, 0.5) is 5.69 Å². The van der Waals surface area contributed by atoms with E-state index < -0.39 is 11.8 Å². The van der Waals surface area contributed by atoms with Crippen LogP contribution in [0.25, 0.3) is 21.8 Å². The van der Waals surface area contributed by atoms with Crippen LogP contribution in [-0.2, 0) is 16.0 Å². The Morgan fingerprint density at radius 2 is 1.97 bits per heavy atom. The molecule has 146 valence electrons. The third kappa shape index (κ3) is 3.89. The van der Waals surface area contributed by atoms with Gasteiger partial charge in [-0.3, -0.25) is 14.6 Å². The van der Waals surface area contributed by atoms with Gasteiger partial charge in [-0.05, 0) is 54.4 Å². The highest BCUT2D eigenvalue weighted by molar-refractivity contribution is 6.40. The first-order valence-electron chi connectivity index (χ1n) is 9.22. The molecule has 29 heavy (non-hydrogen) atoms. The van der Waals surface area contributed by atoms with E-state index in [1.807, 2.05) is 36.5 Å². The monoisotopic (exact) mass is 388 g/mol. The second kappa shape index (κ2) is 8.02. The summed E-state index contributed by atoms with van der Waals surface area (Å²) in [4.78, 5) is 31.9. The average Bonchev–Trinajstić information content (AvgIpc) is 3.16. The number of nitrogens with zero attached hydrogens (tertiary/aromatic N) is 1. The van der Waals surface area contributed by atoms with E-state index in [0.717, 1.165) is 33.1 Å². The van der Waals surface area contributed by atoms with Crippen molar-refractivity contribution in [2.75, 3.05) is 19.0 Å². The van der Waals surface area contributed by atoms with Crippen LogP contribution in [-0.4, -0.2) is 35.4 Å². The Balaban J connectivity index is 1.38. The van der Waals surface area contributed by atoms with Crippen molar-refractivity contribution in [1.29, 1.82) is 0 Å². The molecule has 2 aromatic carbocycles. The Bertz CT molecular complexity index is 1190. The van der Waals surface area contributed by atoms with Gasteiger partial charge in [0.15, 0.2) is 0 Å². The number of carbonyl (C=O) groups excluding carboxylic acids is 2. The molecule has 0 fully saturated rings. The quantitative estimate of drug-likeness (QED) is 0.458. The van der Waals surface area contributed by atoms with Gasteiger partial charge in [-0.25, -0.2) is 0 Å². The molecule has 2 amide bonds. The molecule has 3 N–H and O–H groups in total. The molecule has 0 atom stereocenters. The number of ether oxygens (including phenoxy) is 1. The maximum atomic E-state index is 12.3. The van der Waals surface area contributed by atoms with Crippen molar-refractivity contribution >= 4 is 39.3 Å². The summed E-state index contributed by atoms with van der Waals surface area (Å²) in [6.07, 6.45) is 4.17. The van der Waals surface area contributed by atoms with Crippen molar-refractivity contribution in [3.63, 3.8) is 0 Å². The first-order chi connectivity index (χ1) is 14.2. The Morgan fingerprint density at radius 3 is 2.83 bits per heavy atom. The number of carbonyl (C=O) groups is 2. The zero-order chi connectivity index (χ0) is 20.2. The smallest absolute Gasteiger partial charge is 0.313 e. The number of nitrogens with one attached hydrogen (secondary N) is 3. The van der Waals surface area contributed by atoms with Gasteiger partial charge < -0.3 is 20.4 Å². The molecule has 0 unspecified atom stereocenters. The lowest BCUT2D eigenvalue weighted by Crippen LogP contribution is -2.36. The van der Waals surface area contributed by atoms with Gasteiger partial charge in [0.05, 0.1) is 18.3 Å². The number of H-pyrrole nitrogens is 1. The van der Waals surface area contributed by atoms with Crippen molar-refractivity contribution in [1.82, 2.24) is 15.3 Å². The van der Waals surface area contributed by atoms with E-state index in [4.69, 9.17) is 4.74 Å². The number of pyridine rings is 1. The SMILES string of the molecule is COc1ccc2[nH]cc(CCNC(=O)C(=O)Nc3cccc4ncccc34)c2c1. The van der Waals surface area contributed by atoms with Gasteiger partial charge in [0, 0.05) is 35.2 Å². The normalized spacial score (nSPS) is 10.8. The Labute approximate surface area is 167 Å². The summed E-state index contributed by atoms with van der Waals surface area (Å²) < 4.78 is 5.27. The van der Waals surface area contributed by atoms with Crippen LogP contribution in [0.3, 0.4) is 0 Å². The molecule has 2 heterocycles. The third-order valence-electron chi connectivity index (χ3n) is 4.75. The number of hydrogen-bond acceptors (Lipinski definition) is 4. The van der Waals surface area contributed by atoms with Gasteiger partial charge in [0.2, 0.25) is 0 Å². The minimum Gasteiger partial charge on any atom is -0.497 e. The lowest BCUT2D eigenvalue weighted by Gasteiger charge is -2.09. The topological polar surface area (TPSA) is 96.1 Å². The second-order valence-corrected chi connectivity index (χ2v) is 6.56. The van der Waals surface area contributed by atoms with Crippen molar-refractivity contribution in [2.24, 2.45) is 0 Å². The average molecular weight is 388 g/mol.